The molecule has 3 heterocycles. The zero-order valence-electron chi connectivity index (χ0n) is 45.1. The average Bonchev–Trinajstić information content (AvgIpc) is 4.10. The van der Waals surface area contributed by atoms with Crippen LogP contribution in [0.1, 0.15) is 101 Å². The lowest BCUT2D eigenvalue weighted by Gasteiger charge is -2.24. The zero-order valence-corrected chi connectivity index (χ0v) is 45.1. The molecule has 0 spiro atoms. The largest absolute Gasteiger partial charge is 0.457 e. The first-order chi connectivity index (χ1) is 37.5. The lowest BCUT2D eigenvalue weighted by molar-refractivity contribution is 0.483. The van der Waals surface area contributed by atoms with Gasteiger partial charge in [0.15, 0.2) is 0 Å². The Morgan fingerprint density at radius 2 is 0.948 bits per heavy atom. The molecule has 376 valence electrons. The van der Waals surface area contributed by atoms with Crippen LogP contribution >= 0.6 is 0 Å². The number of aromatic nitrogens is 4. The summed E-state index contributed by atoms with van der Waals surface area (Å²) in [6.45, 7) is 18.5. The molecule has 0 fully saturated rings. The van der Waals surface area contributed by atoms with Gasteiger partial charge in [-0.25, -0.2) is 9.97 Å². The summed E-state index contributed by atoms with van der Waals surface area (Å²) in [4.78, 5) is 11.0. The molecule has 77 heavy (non-hydrogen) atoms. The van der Waals surface area contributed by atoms with E-state index in [2.05, 4.69) is 265 Å². The predicted octanol–water partition coefficient (Wildman–Crippen LogP) is 20.2. The maximum absolute atomic E-state index is 6.98. The van der Waals surface area contributed by atoms with Gasteiger partial charge in [-0.2, -0.15) is 0 Å². The van der Waals surface area contributed by atoms with Gasteiger partial charge < -0.3 is 4.74 Å². The Balaban J connectivity index is 0.966. The van der Waals surface area contributed by atoms with Crippen molar-refractivity contribution in [3.8, 4) is 62.0 Å². The van der Waals surface area contributed by atoms with Crippen molar-refractivity contribution >= 4 is 60.2 Å². The summed E-state index contributed by atoms with van der Waals surface area (Å²) in [6.07, 6.45) is 0. The van der Waals surface area contributed by atoms with E-state index in [0.29, 0.717) is 11.8 Å². The summed E-state index contributed by atoms with van der Waals surface area (Å²) >= 11 is 0. The normalized spacial score (nSPS) is 12.1. The van der Waals surface area contributed by atoms with Crippen LogP contribution in [-0.2, 0) is 0 Å². The van der Waals surface area contributed by atoms with E-state index in [1.54, 1.807) is 0 Å². The summed E-state index contributed by atoms with van der Waals surface area (Å²) in [7, 11) is 0. The highest BCUT2D eigenvalue weighted by molar-refractivity contribution is 6.17. The fourth-order valence-electron chi connectivity index (χ4n) is 12.0. The summed E-state index contributed by atoms with van der Waals surface area (Å²) in [6, 6.07) is 74.8. The molecule has 3 aromatic heterocycles. The van der Waals surface area contributed by atoms with Gasteiger partial charge >= 0.3 is 0 Å². The van der Waals surface area contributed by atoms with Crippen molar-refractivity contribution in [2.45, 2.75) is 79.1 Å². The molecule has 0 amide bonds. The van der Waals surface area contributed by atoms with E-state index in [1.807, 2.05) is 6.07 Å². The topological polar surface area (TPSA) is 44.3 Å². The summed E-state index contributed by atoms with van der Waals surface area (Å²) in [5.74, 6) is 3.48. The lowest BCUT2D eigenvalue weighted by atomic mass is 9.82. The van der Waals surface area contributed by atoms with Crippen molar-refractivity contribution < 1.29 is 4.74 Å². The van der Waals surface area contributed by atoms with Crippen LogP contribution in [0, 0.1) is 0 Å². The second kappa shape index (κ2) is 19.1. The molecular formula is C72H62N4O. The number of rotatable bonds is 11. The minimum atomic E-state index is 0.257. The smallest absolute Gasteiger partial charge is 0.146 e. The summed E-state index contributed by atoms with van der Waals surface area (Å²) < 4.78 is 11.8. The van der Waals surface area contributed by atoms with E-state index >= 15 is 0 Å². The SMILES string of the molecule is CC(C)c1cc(-c2ccccc2)cc(C(C)C)c1-c1ccc2c3ccc(Oc4cccc(-c5nc6ccccc6n5-c5c(C(C)C)cc(-c6ccccc6)cc5C(C)C)c4)cc3c3nc4c5ccccc5ccc4n3c2c1. The van der Waals surface area contributed by atoms with Crippen LogP contribution in [-0.4, -0.2) is 18.9 Å². The predicted molar refractivity (Wildman–Crippen MR) is 324 cm³/mol. The van der Waals surface area contributed by atoms with Crippen molar-refractivity contribution in [3.63, 3.8) is 0 Å². The van der Waals surface area contributed by atoms with E-state index in [-0.39, 0.29) is 11.8 Å². The van der Waals surface area contributed by atoms with Crippen LogP contribution in [0.15, 0.2) is 206 Å². The molecule has 0 saturated carbocycles. The van der Waals surface area contributed by atoms with Gasteiger partial charge in [-0.1, -0.05) is 195 Å². The van der Waals surface area contributed by atoms with Gasteiger partial charge in [-0.15, -0.1) is 0 Å². The van der Waals surface area contributed by atoms with Crippen LogP contribution in [0.3, 0.4) is 0 Å². The highest BCUT2D eigenvalue weighted by Crippen LogP contribution is 2.45. The van der Waals surface area contributed by atoms with E-state index < -0.39 is 0 Å². The Morgan fingerprint density at radius 1 is 0.364 bits per heavy atom. The van der Waals surface area contributed by atoms with E-state index in [4.69, 9.17) is 14.7 Å². The number of benzene rings is 10. The Labute approximate surface area is 451 Å². The van der Waals surface area contributed by atoms with Gasteiger partial charge in [0.2, 0.25) is 0 Å². The lowest BCUT2D eigenvalue weighted by Crippen LogP contribution is -2.09. The van der Waals surface area contributed by atoms with Gasteiger partial charge in [-0.05, 0) is 157 Å². The van der Waals surface area contributed by atoms with Crippen LogP contribution < -0.4 is 4.74 Å². The zero-order chi connectivity index (χ0) is 52.6. The fourth-order valence-corrected chi connectivity index (χ4v) is 12.0. The molecule has 0 atom stereocenters. The Bertz CT molecular complexity index is 4370. The Morgan fingerprint density at radius 3 is 1.62 bits per heavy atom. The minimum Gasteiger partial charge on any atom is -0.457 e. The highest BCUT2D eigenvalue weighted by atomic mass is 16.5. The van der Waals surface area contributed by atoms with Gasteiger partial charge in [-0.3, -0.25) is 8.97 Å². The Hall–Kier alpha value is -8.80. The summed E-state index contributed by atoms with van der Waals surface area (Å²) in [5.41, 5.74) is 21.1. The van der Waals surface area contributed by atoms with Crippen molar-refractivity contribution in [2.75, 3.05) is 0 Å². The Kier molecular flexibility index (Phi) is 11.9. The van der Waals surface area contributed by atoms with Crippen molar-refractivity contribution in [1.29, 1.82) is 0 Å². The average molecular weight is 999 g/mol. The first kappa shape index (κ1) is 47.9. The number of nitrogens with zero attached hydrogens (tertiary/aromatic N) is 4. The number of hydrogen-bond acceptors (Lipinski definition) is 3. The summed E-state index contributed by atoms with van der Waals surface area (Å²) in [5, 5.41) is 5.62. The molecule has 0 aliphatic carbocycles. The first-order valence-corrected chi connectivity index (χ1v) is 27.4. The van der Waals surface area contributed by atoms with Crippen molar-refractivity contribution in [3.05, 3.63) is 229 Å². The van der Waals surface area contributed by atoms with E-state index in [1.165, 1.54) is 66.7 Å². The van der Waals surface area contributed by atoms with Crippen molar-refractivity contribution in [2.24, 2.45) is 0 Å². The van der Waals surface area contributed by atoms with Gasteiger partial charge in [0.05, 0.1) is 33.3 Å². The van der Waals surface area contributed by atoms with E-state index in [0.717, 1.165) is 77.7 Å². The molecule has 0 aliphatic rings. The van der Waals surface area contributed by atoms with Gasteiger partial charge in [0.1, 0.15) is 23.0 Å². The molecule has 5 heteroatoms. The van der Waals surface area contributed by atoms with E-state index in [9.17, 15) is 0 Å². The monoisotopic (exact) mass is 998 g/mol. The molecule has 13 rings (SSSR count). The molecule has 0 bridgehead atoms. The second-order valence-electron chi connectivity index (χ2n) is 22.1. The maximum atomic E-state index is 6.98. The second-order valence-corrected chi connectivity index (χ2v) is 22.1. The fraction of sp³-hybridized carbons (Fsp3) is 0.167. The number of pyridine rings is 1. The van der Waals surface area contributed by atoms with Crippen LogP contribution in [0.2, 0.25) is 0 Å². The molecular weight excluding hydrogens is 937 g/mol. The molecule has 10 aromatic carbocycles. The van der Waals surface area contributed by atoms with Crippen LogP contribution in [0.4, 0.5) is 0 Å². The van der Waals surface area contributed by atoms with Gasteiger partial charge in [0.25, 0.3) is 0 Å². The molecule has 13 aromatic rings. The third-order valence-corrected chi connectivity index (χ3v) is 15.8. The molecule has 0 unspecified atom stereocenters. The molecule has 0 N–H and O–H groups in total. The van der Waals surface area contributed by atoms with Crippen LogP contribution in [0.5, 0.6) is 11.5 Å². The quantitative estimate of drug-likeness (QED) is 0.121. The standard InChI is InChI=1S/C72H62N4O/c1-43(2)59-37-52(47-20-11-9-12-21-47)38-60(44(3)4)68(59)50-30-33-58-57-34-32-55(42-63(57)72-74-69-56-27-16-15-24-49(56)31-35-66(69)75(72)67(58)41-50)77-54-26-19-25-51(36-54)71-73-64-28-17-18-29-65(64)76(71)70-61(45(5)6)39-53(40-62(70)46(7)8)48-22-13-10-14-23-48/h9-46H,1-8H3. The molecule has 0 saturated heterocycles. The number of para-hydroxylation sites is 2. The number of imidazole rings is 2. The molecule has 5 nitrogen and oxygen atoms in total. The number of fused-ring (bicyclic) bond motifs is 11. The van der Waals surface area contributed by atoms with Crippen molar-refractivity contribution in [1.82, 2.24) is 18.9 Å². The van der Waals surface area contributed by atoms with Gasteiger partial charge in [0, 0.05) is 21.7 Å². The third kappa shape index (κ3) is 8.24. The highest BCUT2D eigenvalue weighted by Gasteiger charge is 2.25. The first-order valence-electron chi connectivity index (χ1n) is 27.4. The molecule has 0 radical (unpaired) electrons. The molecule has 0 aliphatic heterocycles. The minimum absolute atomic E-state index is 0.257. The number of ether oxygens (including phenoxy) is 1. The number of hydrogen-bond donors (Lipinski definition) is 0. The third-order valence-electron chi connectivity index (χ3n) is 15.8. The maximum Gasteiger partial charge on any atom is 0.146 e. The van der Waals surface area contributed by atoms with Crippen LogP contribution in [0.25, 0.3) is 111 Å².